The minimum absolute atomic E-state index is 0.109. The summed E-state index contributed by atoms with van der Waals surface area (Å²) in [4.78, 5) is 19.6. The lowest BCUT2D eigenvalue weighted by atomic mass is 10.3. The predicted octanol–water partition coefficient (Wildman–Crippen LogP) is 2.48. The second kappa shape index (κ2) is 5.97. The van der Waals surface area contributed by atoms with E-state index in [0.717, 1.165) is 17.1 Å². The van der Waals surface area contributed by atoms with E-state index in [2.05, 4.69) is 15.2 Å². The molecule has 19 heavy (non-hydrogen) atoms. The number of hydrogen-bond acceptors (Lipinski definition) is 4. The molecule has 2 aromatic rings. The molecule has 0 saturated carbocycles. The van der Waals surface area contributed by atoms with Gasteiger partial charge in [0, 0.05) is 17.3 Å². The first-order chi connectivity index (χ1) is 9.11. The van der Waals surface area contributed by atoms with Gasteiger partial charge in [0.25, 0.3) is 5.91 Å². The summed E-state index contributed by atoms with van der Waals surface area (Å²) >= 11 is 1.65. The summed E-state index contributed by atoms with van der Waals surface area (Å²) in [5.74, 6) is 0.865. The van der Waals surface area contributed by atoms with Crippen molar-refractivity contribution in [1.82, 2.24) is 20.1 Å². The highest BCUT2D eigenvalue weighted by molar-refractivity contribution is 7.09. The van der Waals surface area contributed by atoms with Gasteiger partial charge in [-0.15, -0.1) is 16.4 Å². The van der Waals surface area contributed by atoms with Gasteiger partial charge in [0.05, 0.1) is 6.54 Å². The van der Waals surface area contributed by atoms with Crippen molar-refractivity contribution >= 4 is 17.2 Å². The third kappa shape index (κ3) is 3.20. The number of carbonyl (C=O) groups is 1. The molecule has 1 N–H and O–H groups in total. The van der Waals surface area contributed by atoms with Crippen LogP contribution in [0.5, 0.6) is 0 Å². The van der Waals surface area contributed by atoms with Crippen LogP contribution in [0.3, 0.4) is 0 Å². The second-order valence-corrected chi connectivity index (χ2v) is 5.60. The fourth-order valence-corrected chi connectivity index (χ4v) is 2.44. The average Bonchev–Trinajstić information content (AvgIpc) is 3.05. The van der Waals surface area contributed by atoms with Crippen molar-refractivity contribution in [3.8, 4) is 0 Å². The molecule has 0 radical (unpaired) electrons. The van der Waals surface area contributed by atoms with Gasteiger partial charge in [-0.05, 0) is 25.3 Å². The van der Waals surface area contributed by atoms with Gasteiger partial charge in [-0.1, -0.05) is 13.0 Å². The Morgan fingerprint density at radius 3 is 2.84 bits per heavy atom. The molecule has 6 heteroatoms. The van der Waals surface area contributed by atoms with E-state index in [-0.39, 0.29) is 17.8 Å². The van der Waals surface area contributed by atoms with Crippen LogP contribution in [0.15, 0.2) is 17.5 Å². The van der Waals surface area contributed by atoms with Gasteiger partial charge in [0.2, 0.25) is 5.82 Å². The van der Waals surface area contributed by atoms with E-state index in [4.69, 9.17) is 0 Å². The van der Waals surface area contributed by atoms with E-state index >= 15 is 0 Å². The summed E-state index contributed by atoms with van der Waals surface area (Å²) in [6.07, 6.45) is 0.743. The van der Waals surface area contributed by atoms with Gasteiger partial charge < -0.3 is 4.90 Å². The first-order valence-corrected chi connectivity index (χ1v) is 7.24. The van der Waals surface area contributed by atoms with Crippen molar-refractivity contribution in [3.63, 3.8) is 0 Å². The Morgan fingerprint density at radius 2 is 2.32 bits per heavy atom. The highest BCUT2D eigenvalue weighted by Gasteiger charge is 2.23. The number of rotatable bonds is 5. The average molecular weight is 278 g/mol. The Labute approximate surface area is 116 Å². The second-order valence-electron chi connectivity index (χ2n) is 4.57. The van der Waals surface area contributed by atoms with Crippen LogP contribution in [-0.2, 0) is 13.0 Å². The molecular formula is C13H18N4OS. The first-order valence-electron chi connectivity index (χ1n) is 6.36. The molecule has 0 unspecified atom stereocenters. The minimum Gasteiger partial charge on any atom is -0.328 e. The normalized spacial score (nSPS) is 10.9. The summed E-state index contributed by atoms with van der Waals surface area (Å²) in [6.45, 7) is 6.57. The van der Waals surface area contributed by atoms with Gasteiger partial charge in [0.1, 0.15) is 5.82 Å². The number of H-pyrrole nitrogens is 1. The van der Waals surface area contributed by atoms with Gasteiger partial charge >= 0.3 is 0 Å². The van der Waals surface area contributed by atoms with Crippen LogP contribution in [0, 0.1) is 0 Å². The fraction of sp³-hybridized carbons (Fsp3) is 0.462. The van der Waals surface area contributed by atoms with Gasteiger partial charge in [-0.3, -0.25) is 9.89 Å². The van der Waals surface area contributed by atoms with Crippen LogP contribution < -0.4 is 0 Å². The highest BCUT2D eigenvalue weighted by atomic mass is 32.1. The van der Waals surface area contributed by atoms with E-state index in [0.29, 0.717) is 6.54 Å². The number of nitrogens with zero attached hydrogens (tertiary/aromatic N) is 3. The molecule has 0 atom stereocenters. The van der Waals surface area contributed by atoms with Gasteiger partial charge in [-0.25, -0.2) is 4.98 Å². The number of thiophene rings is 1. The number of aromatic amines is 1. The Bertz CT molecular complexity index is 533. The summed E-state index contributed by atoms with van der Waals surface area (Å²) in [7, 11) is 0. The standard InChI is InChI=1S/C13H18N4OS/c1-4-11-14-12(16-15-11)13(18)17(9(2)3)8-10-6-5-7-19-10/h5-7,9H,4,8H2,1-3H3,(H,14,15,16). The third-order valence-electron chi connectivity index (χ3n) is 2.85. The maximum absolute atomic E-state index is 12.4. The topological polar surface area (TPSA) is 61.9 Å². The molecule has 0 fully saturated rings. The van der Waals surface area contributed by atoms with E-state index in [1.807, 2.05) is 38.3 Å². The molecule has 102 valence electrons. The molecule has 0 aliphatic carbocycles. The zero-order chi connectivity index (χ0) is 13.8. The van der Waals surface area contributed by atoms with Crippen LogP contribution in [0.4, 0.5) is 0 Å². The lowest BCUT2D eigenvalue weighted by Crippen LogP contribution is -2.36. The van der Waals surface area contributed by atoms with Crippen LogP contribution in [0.2, 0.25) is 0 Å². The molecular weight excluding hydrogens is 260 g/mol. The van der Waals surface area contributed by atoms with Crippen LogP contribution >= 0.6 is 11.3 Å². The molecule has 5 nitrogen and oxygen atoms in total. The van der Waals surface area contributed by atoms with E-state index in [1.165, 1.54) is 0 Å². The molecule has 0 aromatic carbocycles. The van der Waals surface area contributed by atoms with Crippen molar-refractivity contribution in [3.05, 3.63) is 34.0 Å². The Kier molecular flexibility index (Phi) is 4.31. The maximum Gasteiger partial charge on any atom is 0.294 e. The Hall–Kier alpha value is -1.69. The largest absolute Gasteiger partial charge is 0.328 e. The number of amides is 1. The molecule has 0 aliphatic rings. The summed E-state index contributed by atoms with van der Waals surface area (Å²) in [6, 6.07) is 4.13. The highest BCUT2D eigenvalue weighted by Crippen LogP contribution is 2.15. The molecule has 2 aromatic heterocycles. The van der Waals surface area contributed by atoms with E-state index < -0.39 is 0 Å². The number of aryl methyl sites for hydroxylation is 1. The fourth-order valence-electron chi connectivity index (χ4n) is 1.74. The Balaban J connectivity index is 2.16. The minimum atomic E-state index is -0.126. The lowest BCUT2D eigenvalue weighted by Gasteiger charge is -2.24. The van der Waals surface area contributed by atoms with Crippen molar-refractivity contribution in [2.24, 2.45) is 0 Å². The smallest absolute Gasteiger partial charge is 0.294 e. The molecule has 0 bridgehead atoms. The summed E-state index contributed by atoms with van der Waals surface area (Å²) in [5, 5.41) is 8.79. The summed E-state index contributed by atoms with van der Waals surface area (Å²) in [5.41, 5.74) is 0. The predicted molar refractivity (Wildman–Crippen MR) is 75.1 cm³/mol. The van der Waals surface area contributed by atoms with Crippen molar-refractivity contribution in [2.45, 2.75) is 39.8 Å². The van der Waals surface area contributed by atoms with E-state index in [9.17, 15) is 4.79 Å². The molecule has 2 heterocycles. The summed E-state index contributed by atoms with van der Waals surface area (Å²) < 4.78 is 0. The molecule has 0 spiro atoms. The quantitative estimate of drug-likeness (QED) is 0.914. The van der Waals surface area contributed by atoms with Crippen LogP contribution in [-0.4, -0.2) is 32.0 Å². The van der Waals surface area contributed by atoms with Crippen LogP contribution in [0.1, 0.15) is 42.1 Å². The number of nitrogens with one attached hydrogen (secondary N) is 1. The lowest BCUT2D eigenvalue weighted by molar-refractivity contribution is 0.0680. The molecule has 2 rings (SSSR count). The molecule has 0 saturated heterocycles. The van der Waals surface area contributed by atoms with Crippen LogP contribution in [0.25, 0.3) is 0 Å². The van der Waals surface area contributed by atoms with Gasteiger partial charge in [0.15, 0.2) is 0 Å². The van der Waals surface area contributed by atoms with Crippen molar-refractivity contribution in [2.75, 3.05) is 0 Å². The maximum atomic E-state index is 12.4. The monoisotopic (exact) mass is 278 g/mol. The van der Waals surface area contributed by atoms with Gasteiger partial charge in [-0.2, -0.15) is 0 Å². The third-order valence-corrected chi connectivity index (χ3v) is 3.71. The zero-order valence-electron chi connectivity index (χ0n) is 11.4. The number of aromatic nitrogens is 3. The van der Waals surface area contributed by atoms with Crippen molar-refractivity contribution < 1.29 is 4.79 Å². The SMILES string of the molecule is CCc1nc(C(=O)N(Cc2cccs2)C(C)C)n[nH]1. The first kappa shape index (κ1) is 13.7. The molecule has 0 aliphatic heterocycles. The Morgan fingerprint density at radius 1 is 1.53 bits per heavy atom. The van der Waals surface area contributed by atoms with E-state index in [1.54, 1.807) is 16.2 Å². The number of carbonyl (C=O) groups excluding carboxylic acids is 1. The number of hydrogen-bond donors (Lipinski definition) is 1. The zero-order valence-corrected chi connectivity index (χ0v) is 12.2. The van der Waals surface area contributed by atoms with Crippen molar-refractivity contribution in [1.29, 1.82) is 0 Å². The molecule has 1 amide bonds.